The molecule has 0 saturated carbocycles. The van der Waals surface area contributed by atoms with Gasteiger partial charge >= 0.3 is 0 Å². The number of hydrogen-bond acceptors (Lipinski definition) is 3. The second-order valence-corrected chi connectivity index (χ2v) is 7.69. The average molecular weight is 399 g/mol. The molecule has 4 aromatic rings. The van der Waals surface area contributed by atoms with Gasteiger partial charge in [0.15, 0.2) is 0 Å². The highest BCUT2D eigenvalue weighted by Crippen LogP contribution is 2.24. The van der Waals surface area contributed by atoms with Crippen LogP contribution in [0.3, 0.4) is 0 Å². The topological polar surface area (TPSA) is 69.8 Å². The van der Waals surface area contributed by atoms with Gasteiger partial charge in [-0.2, -0.15) is 0 Å². The molecule has 0 radical (unpaired) electrons. The Hall–Kier alpha value is -3.60. The lowest BCUT2D eigenvalue weighted by Gasteiger charge is -2.14. The number of nitrogens with one attached hydrogen (secondary N) is 3. The number of amides is 1. The Morgan fingerprint density at radius 3 is 2.73 bits per heavy atom. The number of carbonyl (C=O) groups is 1. The number of rotatable bonds is 7. The third-order valence-corrected chi connectivity index (χ3v) is 5.23. The lowest BCUT2D eigenvalue weighted by molar-refractivity contribution is 0.102. The first-order valence-electron chi connectivity index (χ1n) is 10.3. The van der Waals surface area contributed by atoms with E-state index in [-0.39, 0.29) is 5.91 Å². The normalized spacial score (nSPS) is 11.0. The highest BCUT2D eigenvalue weighted by molar-refractivity contribution is 6.05. The van der Waals surface area contributed by atoms with Crippen LogP contribution in [-0.2, 0) is 6.42 Å². The van der Waals surface area contributed by atoms with Crippen LogP contribution >= 0.6 is 0 Å². The smallest absolute Gasteiger partial charge is 0.257 e. The summed E-state index contributed by atoms with van der Waals surface area (Å²) in [5.74, 6) is 0.174. The molecule has 0 aliphatic carbocycles. The minimum atomic E-state index is -0.157. The van der Waals surface area contributed by atoms with Crippen LogP contribution in [0, 0.1) is 0 Å². The first-order chi connectivity index (χ1) is 14.6. The molecule has 3 N–H and O–H groups in total. The second-order valence-electron chi connectivity index (χ2n) is 7.69. The van der Waals surface area contributed by atoms with Crippen LogP contribution < -0.4 is 10.6 Å². The van der Waals surface area contributed by atoms with E-state index in [4.69, 9.17) is 0 Å². The summed E-state index contributed by atoms with van der Waals surface area (Å²) in [5, 5.41) is 7.65. The number of H-pyrrole nitrogens is 1. The molecule has 0 atom stereocenters. The maximum Gasteiger partial charge on any atom is 0.257 e. The fraction of sp³-hybridized carbons (Fsp3) is 0.200. The van der Waals surface area contributed by atoms with E-state index < -0.39 is 0 Å². The summed E-state index contributed by atoms with van der Waals surface area (Å²) in [6.07, 6.45) is 6.27. The zero-order valence-corrected chi connectivity index (χ0v) is 17.3. The van der Waals surface area contributed by atoms with Crippen molar-refractivity contribution in [1.29, 1.82) is 0 Å². The molecule has 1 amide bonds. The number of benzene rings is 2. The molecule has 30 heavy (non-hydrogen) atoms. The van der Waals surface area contributed by atoms with E-state index in [0.717, 1.165) is 35.4 Å². The molecule has 4 rings (SSSR count). The van der Waals surface area contributed by atoms with Gasteiger partial charge in [0.25, 0.3) is 5.91 Å². The molecular formula is C25H26N4O. The highest BCUT2D eigenvalue weighted by Gasteiger charge is 2.12. The molecule has 0 bridgehead atoms. The molecule has 5 heteroatoms. The number of pyridine rings is 1. The molecule has 2 aromatic heterocycles. The van der Waals surface area contributed by atoms with Gasteiger partial charge in [-0.3, -0.25) is 9.78 Å². The Bertz CT molecular complexity index is 1160. The van der Waals surface area contributed by atoms with Crippen molar-refractivity contribution >= 4 is 28.2 Å². The van der Waals surface area contributed by atoms with Crippen LogP contribution in [0.4, 0.5) is 11.4 Å². The largest absolute Gasteiger partial charge is 0.383 e. The van der Waals surface area contributed by atoms with Crippen LogP contribution in [0.5, 0.6) is 0 Å². The van der Waals surface area contributed by atoms with Crippen molar-refractivity contribution < 1.29 is 4.79 Å². The van der Waals surface area contributed by atoms with E-state index in [1.165, 1.54) is 10.9 Å². The molecule has 0 unspecified atom stereocenters. The van der Waals surface area contributed by atoms with Crippen molar-refractivity contribution in [3.05, 3.63) is 89.9 Å². The van der Waals surface area contributed by atoms with Crippen molar-refractivity contribution in [3.63, 3.8) is 0 Å². The Balaban J connectivity index is 1.41. The van der Waals surface area contributed by atoms with Crippen LogP contribution in [-0.4, -0.2) is 22.4 Å². The van der Waals surface area contributed by atoms with Gasteiger partial charge in [0, 0.05) is 41.7 Å². The second kappa shape index (κ2) is 8.82. The summed E-state index contributed by atoms with van der Waals surface area (Å²) in [7, 11) is 0. The van der Waals surface area contributed by atoms with Crippen molar-refractivity contribution in [2.24, 2.45) is 0 Å². The number of anilines is 2. The Morgan fingerprint density at radius 2 is 1.87 bits per heavy atom. The van der Waals surface area contributed by atoms with E-state index in [9.17, 15) is 4.79 Å². The van der Waals surface area contributed by atoms with Gasteiger partial charge in [-0.25, -0.2) is 0 Å². The Kier molecular flexibility index (Phi) is 5.80. The molecule has 0 aliphatic rings. The number of aromatic amines is 1. The van der Waals surface area contributed by atoms with Gasteiger partial charge in [-0.1, -0.05) is 50.2 Å². The minimum absolute atomic E-state index is 0.157. The van der Waals surface area contributed by atoms with Crippen LogP contribution in [0.2, 0.25) is 0 Å². The molecular weight excluding hydrogens is 372 g/mol. The van der Waals surface area contributed by atoms with Gasteiger partial charge in [-0.05, 0) is 41.7 Å². The molecule has 152 valence electrons. The number of hydrogen-bond donors (Lipinski definition) is 3. The van der Waals surface area contributed by atoms with E-state index in [1.807, 2.05) is 36.4 Å². The van der Waals surface area contributed by atoms with E-state index >= 15 is 0 Å². The lowest BCUT2D eigenvalue weighted by Crippen LogP contribution is -2.14. The Morgan fingerprint density at radius 1 is 1.07 bits per heavy atom. The summed E-state index contributed by atoms with van der Waals surface area (Å²) in [5.41, 5.74) is 5.74. The summed E-state index contributed by atoms with van der Waals surface area (Å²) < 4.78 is 0. The third-order valence-electron chi connectivity index (χ3n) is 5.23. The zero-order valence-electron chi connectivity index (χ0n) is 17.3. The predicted octanol–water partition coefficient (Wildman–Crippen LogP) is 5.59. The lowest BCUT2D eigenvalue weighted by atomic mass is 10.0. The Labute approximate surface area is 176 Å². The fourth-order valence-electron chi connectivity index (χ4n) is 3.65. The van der Waals surface area contributed by atoms with E-state index in [1.54, 1.807) is 12.4 Å². The molecule has 0 saturated heterocycles. The molecule has 0 aliphatic heterocycles. The quantitative estimate of drug-likeness (QED) is 0.380. The summed E-state index contributed by atoms with van der Waals surface area (Å²) >= 11 is 0. The average Bonchev–Trinajstić information content (AvgIpc) is 3.17. The summed E-state index contributed by atoms with van der Waals surface area (Å²) in [6.45, 7) is 4.99. The molecule has 2 aromatic carbocycles. The first kappa shape index (κ1) is 19.7. The summed E-state index contributed by atoms with van der Waals surface area (Å²) in [6, 6.07) is 18.0. The fourth-order valence-corrected chi connectivity index (χ4v) is 3.65. The van der Waals surface area contributed by atoms with Gasteiger partial charge < -0.3 is 15.6 Å². The van der Waals surface area contributed by atoms with Gasteiger partial charge in [-0.15, -0.1) is 0 Å². The molecule has 5 nitrogen and oxygen atoms in total. The molecule has 0 fully saturated rings. The molecule has 2 heterocycles. The first-order valence-corrected chi connectivity index (χ1v) is 10.3. The van der Waals surface area contributed by atoms with Crippen molar-refractivity contribution in [2.45, 2.75) is 26.2 Å². The van der Waals surface area contributed by atoms with Crippen molar-refractivity contribution in [2.75, 3.05) is 17.2 Å². The number of nitrogens with zero attached hydrogens (tertiary/aromatic N) is 1. The monoisotopic (exact) mass is 398 g/mol. The number of aromatic nitrogens is 2. The maximum atomic E-state index is 12.8. The highest BCUT2D eigenvalue weighted by atomic mass is 16.1. The van der Waals surface area contributed by atoms with Crippen molar-refractivity contribution in [1.82, 2.24) is 9.97 Å². The van der Waals surface area contributed by atoms with Crippen LogP contribution in [0.1, 0.15) is 41.3 Å². The number of carbonyl (C=O) groups excluding carboxylic acids is 1. The van der Waals surface area contributed by atoms with Gasteiger partial charge in [0.2, 0.25) is 0 Å². The van der Waals surface area contributed by atoms with Crippen LogP contribution in [0.15, 0.2) is 73.2 Å². The standard InChI is InChI=1S/C25H26N4O/c1-17(2)21-7-3-6-10-24(21)29-25(30)19-13-20(16-26-14-19)27-12-11-18-15-28-23-9-5-4-8-22(18)23/h3-10,13-17,27-28H,11-12H2,1-2H3,(H,29,30). The SMILES string of the molecule is CC(C)c1ccccc1NC(=O)c1cncc(NCCc2c[nH]c3ccccc23)c1. The van der Waals surface area contributed by atoms with Crippen LogP contribution in [0.25, 0.3) is 10.9 Å². The third kappa shape index (κ3) is 4.35. The zero-order chi connectivity index (χ0) is 20.9. The summed E-state index contributed by atoms with van der Waals surface area (Å²) in [4.78, 5) is 20.3. The number of para-hydroxylation sites is 2. The maximum absolute atomic E-state index is 12.8. The minimum Gasteiger partial charge on any atom is -0.383 e. The predicted molar refractivity (Wildman–Crippen MR) is 123 cm³/mol. The van der Waals surface area contributed by atoms with E-state index in [0.29, 0.717) is 11.5 Å². The molecule has 0 spiro atoms. The van der Waals surface area contributed by atoms with Crippen molar-refractivity contribution in [3.8, 4) is 0 Å². The van der Waals surface area contributed by atoms with Gasteiger partial charge in [0.1, 0.15) is 0 Å². The van der Waals surface area contributed by atoms with Gasteiger partial charge in [0.05, 0.1) is 11.3 Å². The number of fused-ring (bicyclic) bond motifs is 1. The van der Waals surface area contributed by atoms with E-state index in [2.05, 4.69) is 58.8 Å².